The van der Waals surface area contributed by atoms with Gasteiger partial charge in [-0.15, -0.1) is 0 Å². The van der Waals surface area contributed by atoms with E-state index >= 15 is 0 Å². The lowest BCUT2D eigenvalue weighted by Crippen LogP contribution is -2.30. The molecule has 2 aromatic rings. The number of fused-ring (bicyclic) bond motifs is 1. The predicted octanol–water partition coefficient (Wildman–Crippen LogP) is 3.23. The zero-order chi connectivity index (χ0) is 20.9. The van der Waals surface area contributed by atoms with E-state index in [9.17, 15) is 18.0 Å². The highest BCUT2D eigenvalue weighted by Crippen LogP contribution is 2.36. The molecule has 1 saturated heterocycles. The summed E-state index contributed by atoms with van der Waals surface area (Å²) in [6.07, 6.45) is 1.03. The van der Waals surface area contributed by atoms with Gasteiger partial charge in [0.05, 0.1) is 18.4 Å². The molecule has 0 N–H and O–H groups in total. The van der Waals surface area contributed by atoms with Gasteiger partial charge in [-0.25, -0.2) is 13.2 Å². The normalized spacial score (nSPS) is 20.7. The van der Waals surface area contributed by atoms with E-state index < -0.39 is 23.4 Å². The molecule has 0 bridgehead atoms. The van der Waals surface area contributed by atoms with Crippen molar-refractivity contribution >= 4 is 18.1 Å². The molecular formula is C20H19F3N4OS. The molecule has 2 aliphatic heterocycles. The number of carbonyl (C=O) groups is 1. The van der Waals surface area contributed by atoms with Crippen molar-refractivity contribution in [1.82, 2.24) is 14.0 Å². The molecule has 0 radical (unpaired) electrons. The lowest BCUT2D eigenvalue weighted by atomic mass is 9.95. The fourth-order valence-corrected chi connectivity index (χ4v) is 4.67. The highest BCUT2D eigenvalue weighted by Gasteiger charge is 2.34. The fourth-order valence-electron chi connectivity index (χ4n) is 4.37. The van der Waals surface area contributed by atoms with Crippen LogP contribution in [0.1, 0.15) is 29.3 Å². The van der Waals surface area contributed by atoms with Crippen LogP contribution in [-0.2, 0) is 31.2 Å². The largest absolute Gasteiger partial charge is 0.341 e. The van der Waals surface area contributed by atoms with Gasteiger partial charge in [0, 0.05) is 49.6 Å². The molecule has 5 nitrogen and oxygen atoms in total. The number of amides is 1. The molecule has 1 aromatic heterocycles. The van der Waals surface area contributed by atoms with Crippen LogP contribution < -0.4 is 0 Å². The maximum absolute atomic E-state index is 14.3. The molecule has 2 unspecified atom stereocenters. The minimum Gasteiger partial charge on any atom is -0.341 e. The van der Waals surface area contributed by atoms with Crippen molar-refractivity contribution in [3.8, 4) is 6.07 Å². The first-order valence-electron chi connectivity index (χ1n) is 9.39. The zero-order valence-electron chi connectivity index (χ0n) is 15.8. The zero-order valence-corrected chi connectivity index (χ0v) is 16.6. The SMILES string of the molecule is Cn1c(CC(=O)N2CCC(C#N)C2)c2n(c1=S)CC(c1c(F)ccc(F)c1F)C2. The van der Waals surface area contributed by atoms with Crippen LogP contribution in [0, 0.1) is 39.5 Å². The Morgan fingerprint density at radius 2 is 2.00 bits per heavy atom. The van der Waals surface area contributed by atoms with Crippen molar-refractivity contribution in [2.45, 2.75) is 31.7 Å². The van der Waals surface area contributed by atoms with Gasteiger partial charge in [-0.2, -0.15) is 5.26 Å². The van der Waals surface area contributed by atoms with Crippen molar-refractivity contribution in [3.05, 3.63) is 51.3 Å². The van der Waals surface area contributed by atoms with Crippen molar-refractivity contribution in [2.24, 2.45) is 13.0 Å². The van der Waals surface area contributed by atoms with Gasteiger partial charge in [0.2, 0.25) is 5.91 Å². The van der Waals surface area contributed by atoms with Gasteiger partial charge in [0.25, 0.3) is 0 Å². The highest BCUT2D eigenvalue weighted by molar-refractivity contribution is 7.71. The van der Waals surface area contributed by atoms with Crippen molar-refractivity contribution in [1.29, 1.82) is 5.26 Å². The van der Waals surface area contributed by atoms with E-state index in [2.05, 4.69) is 6.07 Å². The van der Waals surface area contributed by atoms with Gasteiger partial charge in [-0.3, -0.25) is 4.79 Å². The number of nitriles is 1. The molecule has 1 amide bonds. The number of hydrogen-bond donors (Lipinski definition) is 0. The summed E-state index contributed by atoms with van der Waals surface area (Å²) in [5.41, 5.74) is 1.16. The summed E-state index contributed by atoms with van der Waals surface area (Å²) in [7, 11) is 1.76. The van der Waals surface area contributed by atoms with Gasteiger partial charge < -0.3 is 14.0 Å². The van der Waals surface area contributed by atoms with Crippen LogP contribution >= 0.6 is 12.2 Å². The number of rotatable bonds is 3. The summed E-state index contributed by atoms with van der Waals surface area (Å²) in [5.74, 6) is -3.88. The minimum absolute atomic E-state index is 0.0987. The van der Waals surface area contributed by atoms with E-state index in [4.69, 9.17) is 17.5 Å². The topological polar surface area (TPSA) is 54.0 Å². The lowest BCUT2D eigenvalue weighted by Gasteiger charge is -2.16. The van der Waals surface area contributed by atoms with Gasteiger partial charge >= 0.3 is 0 Å². The maximum Gasteiger partial charge on any atom is 0.228 e. The van der Waals surface area contributed by atoms with E-state index in [-0.39, 0.29) is 36.8 Å². The summed E-state index contributed by atoms with van der Waals surface area (Å²) in [6.45, 7) is 1.19. The fraction of sp³-hybridized carbons (Fsp3) is 0.450. The third kappa shape index (κ3) is 3.25. The quantitative estimate of drug-likeness (QED) is 0.566. The average Bonchev–Trinajstić information content (AvgIpc) is 3.39. The number of likely N-dealkylation sites (tertiary alicyclic amines) is 1. The number of nitrogens with zero attached hydrogens (tertiary/aromatic N) is 4. The monoisotopic (exact) mass is 420 g/mol. The Morgan fingerprint density at radius 1 is 1.28 bits per heavy atom. The maximum atomic E-state index is 14.3. The standard InChI is InChI=1S/C20H19F3N4OS/c1-25-15(7-17(28)26-5-4-11(8-24)9-26)16-6-12(10-27(16)20(25)29)18-13(21)2-3-14(22)19(18)23/h2-3,11-12H,4-7,9-10H2,1H3. The molecule has 0 spiro atoms. The van der Waals surface area contributed by atoms with Crippen LogP contribution in [0.3, 0.4) is 0 Å². The number of hydrogen-bond acceptors (Lipinski definition) is 3. The van der Waals surface area contributed by atoms with Crippen LogP contribution in [0.4, 0.5) is 13.2 Å². The Hall–Kier alpha value is -2.60. The predicted molar refractivity (Wildman–Crippen MR) is 101 cm³/mol. The summed E-state index contributed by atoms with van der Waals surface area (Å²) >= 11 is 5.46. The number of halogens is 3. The first kappa shape index (κ1) is 19.7. The molecule has 0 aliphatic carbocycles. The van der Waals surface area contributed by atoms with E-state index in [0.29, 0.717) is 30.0 Å². The third-order valence-electron chi connectivity index (χ3n) is 5.95. The molecule has 9 heteroatoms. The Bertz CT molecular complexity index is 1100. The number of aromatic nitrogens is 2. The Labute approximate surface area is 171 Å². The van der Waals surface area contributed by atoms with Crippen LogP contribution in [-0.4, -0.2) is 33.0 Å². The molecule has 29 heavy (non-hydrogen) atoms. The van der Waals surface area contributed by atoms with E-state index in [1.54, 1.807) is 21.1 Å². The summed E-state index contributed by atoms with van der Waals surface area (Å²) in [4.78, 5) is 14.4. The number of benzene rings is 1. The summed E-state index contributed by atoms with van der Waals surface area (Å²) in [6, 6.07) is 3.89. The van der Waals surface area contributed by atoms with Gasteiger partial charge in [0.1, 0.15) is 5.82 Å². The van der Waals surface area contributed by atoms with E-state index in [1.165, 1.54) is 0 Å². The molecule has 1 aromatic carbocycles. The van der Waals surface area contributed by atoms with E-state index in [1.807, 2.05) is 0 Å². The molecule has 1 fully saturated rings. The molecule has 2 aliphatic rings. The first-order valence-corrected chi connectivity index (χ1v) is 9.80. The molecule has 2 atom stereocenters. The second-order valence-electron chi connectivity index (χ2n) is 7.63. The lowest BCUT2D eigenvalue weighted by molar-refractivity contribution is -0.129. The summed E-state index contributed by atoms with van der Waals surface area (Å²) < 4.78 is 46.1. The highest BCUT2D eigenvalue weighted by atomic mass is 32.1. The second-order valence-corrected chi connectivity index (χ2v) is 8.00. The van der Waals surface area contributed by atoms with Crippen LogP contribution in [0.5, 0.6) is 0 Å². The molecular weight excluding hydrogens is 401 g/mol. The molecule has 3 heterocycles. The van der Waals surface area contributed by atoms with Crippen LogP contribution in [0.15, 0.2) is 12.1 Å². The number of imidazole rings is 1. The van der Waals surface area contributed by atoms with Crippen molar-refractivity contribution < 1.29 is 18.0 Å². The Kier molecular flexibility index (Phi) is 4.99. The molecule has 4 rings (SSSR count). The van der Waals surface area contributed by atoms with Crippen LogP contribution in [0.25, 0.3) is 0 Å². The molecule has 152 valence electrons. The average molecular weight is 420 g/mol. The first-order chi connectivity index (χ1) is 13.8. The molecule has 0 saturated carbocycles. The van der Waals surface area contributed by atoms with Gasteiger partial charge in [-0.05, 0) is 37.2 Å². The summed E-state index contributed by atoms with van der Waals surface area (Å²) in [5, 5.41) is 9.03. The third-order valence-corrected chi connectivity index (χ3v) is 6.45. The minimum atomic E-state index is -1.17. The van der Waals surface area contributed by atoms with Crippen molar-refractivity contribution in [2.75, 3.05) is 13.1 Å². The Balaban J connectivity index is 1.62. The smallest absolute Gasteiger partial charge is 0.228 e. The van der Waals surface area contributed by atoms with Gasteiger partial charge in [0.15, 0.2) is 16.4 Å². The van der Waals surface area contributed by atoms with Crippen LogP contribution in [0.2, 0.25) is 0 Å². The van der Waals surface area contributed by atoms with Crippen molar-refractivity contribution in [3.63, 3.8) is 0 Å². The number of carbonyl (C=O) groups excluding carboxylic acids is 1. The van der Waals surface area contributed by atoms with E-state index in [0.717, 1.165) is 17.8 Å². The second kappa shape index (κ2) is 7.34. The van der Waals surface area contributed by atoms with Gasteiger partial charge in [-0.1, -0.05) is 0 Å². The Morgan fingerprint density at radius 3 is 2.69 bits per heavy atom.